The average Bonchev–Trinajstić information content (AvgIpc) is 3.26. The molecule has 0 aromatic heterocycles. The standard InChI is InChI=1S/C22H25ClN2O6S/c23-17-3-1-2-4-20(17)32(27,28)25-10-7-21(26)24-14-22(8-11-29-12-9-22)16-5-6-18-19(13-16)31-15-30-18/h1-6,13,25H,7-12,14-15H2,(H,24,26). The Balaban J connectivity index is 1.35. The molecule has 0 saturated carbocycles. The first-order valence-electron chi connectivity index (χ1n) is 10.4. The normalized spacial score (nSPS) is 17.2. The van der Waals surface area contributed by atoms with E-state index >= 15 is 0 Å². The number of carbonyl (C=O) groups is 1. The fraction of sp³-hybridized carbons (Fsp3) is 0.409. The monoisotopic (exact) mass is 480 g/mol. The molecule has 0 spiro atoms. The number of carbonyl (C=O) groups excluding carboxylic acids is 1. The van der Waals surface area contributed by atoms with Gasteiger partial charge in [0.1, 0.15) is 4.90 Å². The Hall–Kier alpha value is -2.33. The van der Waals surface area contributed by atoms with E-state index in [1.54, 1.807) is 12.1 Å². The predicted molar refractivity (Wildman–Crippen MR) is 119 cm³/mol. The topological polar surface area (TPSA) is 103 Å². The molecule has 1 amide bonds. The summed E-state index contributed by atoms with van der Waals surface area (Å²) in [6.45, 7) is 1.80. The number of amides is 1. The van der Waals surface area contributed by atoms with E-state index in [1.165, 1.54) is 12.1 Å². The molecule has 0 bridgehead atoms. The third-order valence-corrected chi connectivity index (χ3v) is 7.79. The molecule has 2 aromatic carbocycles. The molecule has 8 nitrogen and oxygen atoms in total. The van der Waals surface area contributed by atoms with Gasteiger partial charge in [0.2, 0.25) is 22.7 Å². The Morgan fingerprint density at radius 2 is 1.81 bits per heavy atom. The van der Waals surface area contributed by atoms with Gasteiger partial charge in [0, 0.05) is 38.1 Å². The van der Waals surface area contributed by atoms with E-state index in [0.29, 0.717) is 31.3 Å². The molecule has 2 N–H and O–H groups in total. The number of fused-ring (bicyclic) bond motifs is 1. The predicted octanol–water partition coefficient (Wildman–Crippen LogP) is 2.60. The summed E-state index contributed by atoms with van der Waals surface area (Å²) < 4.78 is 43.7. The quantitative estimate of drug-likeness (QED) is 0.602. The maximum atomic E-state index is 12.5. The molecule has 1 fully saturated rings. The van der Waals surface area contributed by atoms with Gasteiger partial charge in [0.05, 0.1) is 5.02 Å². The summed E-state index contributed by atoms with van der Waals surface area (Å²) in [5.74, 6) is 1.18. The van der Waals surface area contributed by atoms with Gasteiger partial charge in [0.25, 0.3) is 0 Å². The minimum absolute atomic E-state index is 0.00829. The lowest BCUT2D eigenvalue weighted by Gasteiger charge is -2.38. The van der Waals surface area contributed by atoms with Crippen molar-refractivity contribution in [1.29, 1.82) is 0 Å². The van der Waals surface area contributed by atoms with E-state index in [0.717, 1.165) is 18.4 Å². The van der Waals surface area contributed by atoms with Gasteiger partial charge in [-0.1, -0.05) is 29.8 Å². The van der Waals surface area contributed by atoms with Gasteiger partial charge in [-0.2, -0.15) is 0 Å². The highest BCUT2D eigenvalue weighted by Crippen LogP contribution is 2.40. The number of hydrogen-bond donors (Lipinski definition) is 2. The van der Waals surface area contributed by atoms with Crippen LogP contribution in [0.1, 0.15) is 24.8 Å². The second kappa shape index (κ2) is 9.66. The number of benzene rings is 2. The van der Waals surface area contributed by atoms with Crippen LogP contribution in [0.2, 0.25) is 5.02 Å². The highest BCUT2D eigenvalue weighted by Gasteiger charge is 2.36. The van der Waals surface area contributed by atoms with E-state index in [-0.39, 0.29) is 41.0 Å². The minimum atomic E-state index is -3.79. The van der Waals surface area contributed by atoms with Gasteiger partial charge in [-0.3, -0.25) is 4.79 Å². The van der Waals surface area contributed by atoms with Crippen LogP contribution in [-0.4, -0.2) is 47.4 Å². The lowest BCUT2D eigenvalue weighted by atomic mass is 9.74. The molecule has 2 heterocycles. The highest BCUT2D eigenvalue weighted by molar-refractivity contribution is 7.89. The van der Waals surface area contributed by atoms with Crippen LogP contribution in [0.3, 0.4) is 0 Å². The number of rotatable bonds is 8. The Bertz CT molecular complexity index is 1090. The van der Waals surface area contributed by atoms with Gasteiger partial charge >= 0.3 is 0 Å². The third-order valence-electron chi connectivity index (χ3n) is 5.83. The first kappa shape index (κ1) is 22.8. The fourth-order valence-corrected chi connectivity index (χ4v) is 5.50. The Kier molecular flexibility index (Phi) is 6.90. The molecule has 1 saturated heterocycles. The van der Waals surface area contributed by atoms with Gasteiger partial charge < -0.3 is 19.5 Å². The second-order valence-corrected chi connectivity index (χ2v) is 9.96. The van der Waals surface area contributed by atoms with Crippen molar-refractivity contribution in [2.75, 3.05) is 33.1 Å². The zero-order valence-corrected chi connectivity index (χ0v) is 19.0. The van der Waals surface area contributed by atoms with Crippen LogP contribution >= 0.6 is 11.6 Å². The van der Waals surface area contributed by atoms with E-state index < -0.39 is 10.0 Å². The molecule has 2 aromatic rings. The van der Waals surface area contributed by atoms with Gasteiger partial charge in [-0.25, -0.2) is 13.1 Å². The maximum Gasteiger partial charge on any atom is 0.242 e. The smallest absolute Gasteiger partial charge is 0.242 e. The van der Waals surface area contributed by atoms with E-state index in [4.69, 9.17) is 25.8 Å². The Labute approximate surface area is 192 Å². The van der Waals surface area contributed by atoms with Crippen LogP contribution in [0, 0.1) is 0 Å². The zero-order valence-electron chi connectivity index (χ0n) is 17.4. The lowest BCUT2D eigenvalue weighted by Crippen LogP contribution is -2.45. The van der Waals surface area contributed by atoms with Gasteiger partial charge in [0.15, 0.2) is 11.5 Å². The molecular weight excluding hydrogens is 456 g/mol. The summed E-state index contributed by atoms with van der Waals surface area (Å²) in [7, 11) is -3.79. The van der Waals surface area contributed by atoms with Crippen molar-refractivity contribution in [2.45, 2.75) is 29.6 Å². The average molecular weight is 481 g/mol. The first-order chi connectivity index (χ1) is 15.4. The molecule has 32 heavy (non-hydrogen) atoms. The van der Waals surface area contributed by atoms with E-state index in [9.17, 15) is 13.2 Å². The summed E-state index contributed by atoms with van der Waals surface area (Å²) in [5.41, 5.74) is 0.774. The van der Waals surface area contributed by atoms with Crippen LogP contribution in [-0.2, 0) is 25.0 Å². The molecule has 0 atom stereocenters. The number of nitrogens with one attached hydrogen (secondary N) is 2. The summed E-state index contributed by atoms with van der Waals surface area (Å²) in [6.07, 6.45) is 1.52. The third kappa shape index (κ3) is 5.01. The Morgan fingerprint density at radius 1 is 1.06 bits per heavy atom. The second-order valence-electron chi connectivity index (χ2n) is 7.82. The van der Waals surface area contributed by atoms with Crippen molar-refractivity contribution in [3.63, 3.8) is 0 Å². The molecule has 2 aliphatic heterocycles. The van der Waals surface area contributed by atoms with Crippen LogP contribution in [0.5, 0.6) is 11.5 Å². The minimum Gasteiger partial charge on any atom is -0.454 e. The summed E-state index contributed by atoms with van der Waals surface area (Å²) >= 11 is 5.97. The van der Waals surface area contributed by atoms with Crippen molar-refractivity contribution < 1.29 is 27.4 Å². The van der Waals surface area contributed by atoms with Gasteiger partial charge in [-0.15, -0.1) is 0 Å². The Morgan fingerprint density at radius 3 is 2.59 bits per heavy atom. The van der Waals surface area contributed by atoms with Crippen molar-refractivity contribution in [1.82, 2.24) is 10.0 Å². The summed E-state index contributed by atoms with van der Waals surface area (Å²) in [4.78, 5) is 12.5. The van der Waals surface area contributed by atoms with Crippen LogP contribution in [0.25, 0.3) is 0 Å². The lowest BCUT2D eigenvalue weighted by molar-refractivity contribution is -0.121. The maximum absolute atomic E-state index is 12.5. The molecule has 0 radical (unpaired) electrons. The van der Waals surface area contributed by atoms with Crippen molar-refractivity contribution >= 4 is 27.5 Å². The van der Waals surface area contributed by atoms with Crippen LogP contribution in [0.4, 0.5) is 0 Å². The van der Waals surface area contributed by atoms with Gasteiger partial charge in [-0.05, 0) is 42.7 Å². The van der Waals surface area contributed by atoms with E-state index in [1.807, 2.05) is 18.2 Å². The van der Waals surface area contributed by atoms with Crippen molar-refractivity contribution in [2.24, 2.45) is 0 Å². The summed E-state index contributed by atoms with van der Waals surface area (Å²) in [5, 5.41) is 3.10. The molecule has 2 aliphatic rings. The molecule has 0 unspecified atom stereocenters. The number of sulfonamides is 1. The summed E-state index contributed by atoms with van der Waals surface area (Å²) in [6, 6.07) is 12.0. The number of ether oxygens (including phenoxy) is 3. The fourth-order valence-electron chi connectivity index (χ4n) is 3.95. The first-order valence-corrected chi connectivity index (χ1v) is 12.2. The SMILES string of the molecule is O=C(CCNS(=O)(=O)c1ccccc1Cl)NCC1(c2ccc3c(c2)OCO3)CCOCC1. The number of halogens is 1. The molecule has 4 rings (SSSR count). The zero-order chi connectivity index (χ0) is 22.6. The highest BCUT2D eigenvalue weighted by atomic mass is 35.5. The number of hydrogen-bond acceptors (Lipinski definition) is 6. The van der Waals surface area contributed by atoms with Crippen molar-refractivity contribution in [3.05, 3.63) is 53.1 Å². The molecule has 0 aliphatic carbocycles. The van der Waals surface area contributed by atoms with Crippen LogP contribution in [0.15, 0.2) is 47.4 Å². The molecular formula is C22H25ClN2O6S. The molecule has 10 heteroatoms. The van der Waals surface area contributed by atoms with E-state index in [2.05, 4.69) is 10.0 Å². The van der Waals surface area contributed by atoms with Crippen molar-refractivity contribution in [3.8, 4) is 11.5 Å². The molecule has 172 valence electrons. The van der Waals surface area contributed by atoms with Crippen LogP contribution < -0.4 is 19.5 Å². The largest absolute Gasteiger partial charge is 0.454 e.